The predicted molar refractivity (Wildman–Crippen MR) is 91.0 cm³/mol. The number of ether oxygens (including phenoxy) is 2. The Morgan fingerprint density at radius 2 is 2.18 bits per heavy atom. The molecule has 1 atom stereocenters. The second kappa shape index (κ2) is 7.50. The first-order chi connectivity index (χ1) is 13.5. The van der Waals surface area contributed by atoms with Gasteiger partial charge in [0.1, 0.15) is 18.2 Å². The standard InChI is InChI=1S/C17H18F2N6O3/c1-24-8-15-22-20-9-25(15)7-11(24)16-21-14(23-28-16)6-10-3-4-12(26-2)13(5-10)27-17(18)19/h3-5,9,11,17H,6-8H2,1-2H3. The van der Waals surface area contributed by atoms with Gasteiger partial charge in [0.2, 0.25) is 5.89 Å². The van der Waals surface area contributed by atoms with E-state index in [1.54, 1.807) is 18.5 Å². The average molecular weight is 392 g/mol. The van der Waals surface area contributed by atoms with E-state index in [1.165, 1.54) is 13.2 Å². The van der Waals surface area contributed by atoms with Crippen molar-refractivity contribution in [1.82, 2.24) is 29.8 Å². The highest BCUT2D eigenvalue weighted by Gasteiger charge is 2.30. The Labute approximate surface area is 158 Å². The van der Waals surface area contributed by atoms with Crippen molar-refractivity contribution >= 4 is 0 Å². The Kier molecular flexibility index (Phi) is 4.90. The molecule has 3 heterocycles. The first kappa shape index (κ1) is 18.3. The normalized spacial score (nSPS) is 17.0. The second-order valence-electron chi connectivity index (χ2n) is 6.42. The van der Waals surface area contributed by atoms with Crippen LogP contribution in [0.25, 0.3) is 0 Å². The number of alkyl halides is 2. The molecule has 0 amide bonds. The summed E-state index contributed by atoms with van der Waals surface area (Å²) in [5.41, 5.74) is 0.696. The molecule has 3 aromatic rings. The Hall–Kier alpha value is -3.08. The zero-order valence-corrected chi connectivity index (χ0v) is 15.2. The SMILES string of the molecule is COc1ccc(Cc2noc(C3Cn4cnnc4CN3C)n2)cc1OC(F)F. The predicted octanol–water partition coefficient (Wildman–Crippen LogP) is 2.05. The van der Waals surface area contributed by atoms with E-state index in [-0.39, 0.29) is 17.5 Å². The van der Waals surface area contributed by atoms with E-state index < -0.39 is 6.61 Å². The van der Waals surface area contributed by atoms with Gasteiger partial charge >= 0.3 is 6.61 Å². The van der Waals surface area contributed by atoms with Gasteiger partial charge in [0.25, 0.3) is 0 Å². The van der Waals surface area contributed by atoms with E-state index in [0.717, 1.165) is 5.82 Å². The van der Waals surface area contributed by atoms with Crippen molar-refractivity contribution in [2.75, 3.05) is 14.2 Å². The highest BCUT2D eigenvalue weighted by atomic mass is 19.3. The molecule has 0 N–H and O–H groups in total. The maximum absolute atomic E-state index is 12.6. The number of likely N-dealkylation sites (N-methyl/N-ethyl adjacent to an activating group) is 1. The largest absolute Gasteiger partial charge is 0.493 e. The van der Waals surface area contributed by atoms with E-state index in [9.17, 15) is 8.78 Å². The molecule has 9 nitrogen and oxygen atoms in total. The van der Waals surface area contributed by atoms with Gasteiger partial charge in [-0.05, 0) is 24.7 Å². The van der Waals surface area contributed by atoms with Crippen LogP contribution in [0.4, 0.5) is 8.78 Å². The van der Waals surface area contributed by atoms with Crippen molar-refractivity contribution < 1.29 is 22.8 Å². The molecule has 0 saturated carbocycles. The fourth-order valence-corrected chi connectivity index (χ4v) is 3.16. The Morgan fingerprint density at radius 1 is 1.32 bits per heavy atom. The van der Waals surface area contributed by atoms with Crippen LogP contribution in [0.5, 0.6) is 11.5 Å². The number of hydrogen-bond acceptors (Lipinski definition) is 8. The minimum atomic E-state index is -2.94. The van der Waals surface area contributed by atoms with Crippen molar-refractivity contribution in [3.63, 3.8) is 0 Å². The summed E-state index contributed by atoms with van der Waals surface area (Å²) in [4.78, 5) is 6.54. The molecule has 11 heteroatoms. The third kappa shape index (κ3) is 3.65. The van der Waals surface area contributed by atoms with Gasteiger partial charge in [0.15, 0.2) is 17.3 Å². The van der Waals surface area contributed by atoms with Crippen LogP contribution in [0, 0.1) is 0 Å². The highest BCUT2D eigenvalue weighted by molar-refractivity contribution is 5.43. The van der Waals surface area contributed by atoms with E-state index in [2.05, 4.69) is 30.0 Å². The molecule has 4 rings (SSSR count). The summed E-state index contributed by atoms with van der Waals surface area (Å²) < 4.78 is 42.1. The van der Waals surface area contributed by atoms with Gasteiger partial charge in [-0.3, -0.25) is 4.90 Å². The van der Waals surface area contributed by atoms with Gasteiger partial charge < -0.3 is 18.6 Å². The molecule has 148 valence electrons. The van der Waals surface area contributed by atoms with E-state index >= 15 is 0 Å². The molecule has 28 heavy (non-hydrogen) atoms. The molecule has 0 saturated heterocycles. The van der Waals surface area contributed by atoms with Crippen LogP contribution in [-0.2, 0) is 19.5 Å². The van der Waals surface area contributed by atoms with Gasteiger partial charge in [0.05, 0.1) is 13.7 Å². The number of halogens is 2. The number of benzene rings is 1. The maximum atomic E-state index is 12.6. The van der Waals surface area contributed by atoms with Crippen molar-refractivity contribution in [3.8, 4) is 11.5 Å². The van der Waals surface area contributed by atoms with Crippen molar-refractivity contribution in [3.05, 3.63) is 47.6 Å². The zero-order chi connectivity index (χ0) is 19.7. The molecule has 0 bridgehead atoms. The lowest BCUT2D eigenvalue weighted by Crippen LogP contribution is -2.34. The number of fused-ring (bicyclic) bond motifs is 1. The van der Waals surface area contributed by atoms with Gasteiger partial charge in [0, 0.05) is 13.0 Å². The summed E-state index contributed by atoms with van der Waals surface area (Å²) >= 11 is 0. The first-order valence-electron chi connectivity index (χ1n) is 8.54. The van der Waals surface area contributed by atoms with Gasteiger partial charge in [-0.25, -0.2) is 0 Å². The molecule has 0 spiro atoms. The van der Waals surface area contributed by atoms with Crippen LogP contribution >= 0.6 is 0 Å². The van der Waals surface area contributed by atoms with E-state index in [1.807, 2.05) is 11.6 Å². The molecule has 1 aliphatic rings. The second-order valence-corrected chi connectivity index (χ2v) is 6.42. The minimum absolute atomic E-state index is 0.0362. The van der Waals surface area contributed by atoms with Gasteiger partial charge in [-0.15, -0.1) is 10.2 Å². The molecule has 2 aromatic heterocycles. The Balaban J connectivity index is 1.51. The molecular weight excluding hydrogens is 374 g/mol. The fraction of sp³-hybridized carbons (Fsp3) is 0.412. The zero-order valence-electron chi connectivity index (χ0n) is 15.2. The first-order valence-corrected chi connectivity index (χ1v) is 8.54. The summed E-state index contributed by atoms with van der Waals surface area (Å²) in [5, 5.41) is 12.0. The van der Waals surface area contributed by atoms with Gasteiger partial charge in [-0.2, -0.15) is 13.8 Å². The summed E-state index contributed by atoms with van der Waals surface area (Å²) in [6, 6.07) is 4.69. The topological polar surface area (TPSA) is 91.3 Å². The minimum Gasteiger partial charge on any atom is -0.493 e. The summed E-state index contributed by atoms with van der Waals surface area (Å²) in [7, 11) is 3.34. The maximum Gasteiger partial charge on any atom is 0.387 e. The van der Waals surface area contributed by atoms with Crippen LogP contribution < -0.4 is 9.47 Å². The lowest BCUT2D eigenvalue weighted by Gasteiger charge is -2.29. The van der Waals surface area contributed by atoms with Crippen LogP contribution in [0.2, 0.25) is 0 Å². The molecule has 0 radical (unpaired) electrons. The number of hydrogen-bond donors (Lipinski definition) is 0. The molecule has 1 aliphatic heterocycles. The van der Waals surface area contributed by atoms with Gasteiger partial charge in [-0.1, -0.05) is 11.2 Å². The average Bonchev–Trinajstić information content (AvgIpc) is 3.29. The highest BCUT2D eigenvalue weighted by Crippen LogP contribution is 2.31. The molecule has 1 unspecified atom stereocenters. The Morgan fingerprint density at radius 3 is 2.96 bits per heavy atom. The van der Waals surface area contributed by atoms with Crippen LogP contribution in [0.1, 0.15) is 29.1 Å². The Bertz CT molecular complexity index is 960. The van der Waals surface area contributed by atoms with Crippen LogP contribution in [-0.4, -0.2) is 50.6 Å². The molecular formula is C17H18F2N6O3. The summed E-state index contributed by atoms with van der Waals surface area (Å²) in [6.07, 6.45) is 1.98. The number of aromatic nitrogens is 5. The van der Waals surface area contributed by atoms with Crippen LogP contribution in [0.15, 0.2) is 29.0 Å². The molecule has 0 fully saturated rings. The number of methoxy groups -OCH3 is 1. The van der Waals surface area contributed by atoms with Crippen molar-refractivity contribution in [2.45, 2.75) is 32.2 Å². The third-order valence-electron chi connectivity index (χ3n) is 4.56. The third-order valence-corrected chi connectivity index (χ3v) is 4.56. The van der Waals surface area contributed by atoms with E-state index in [4.69, 9.17) is 9.26 Å². The van der Waals surface area contributed by atoms with E-state index in [0.29, 0.717) is 36.8 Å². The quantitative estimate of drug-likeness (QED) is 0.630. The summed E-state index contributed by atoms with van der Waals surface area (Å²) in [6.45, 7) is -1.71. The monoisotopic (exact) mass is 392 g/mol. The lowest BCUT2D eigenvalue weighted by molar-refractivity contribution is -0.0512. The number of rotatable bonds is 6. The van der Waals surface area contributed by atoms with Crippen molar-refractivity contribution in [2.24, 2.45) is 0 Å². The van der Waals surface area contributed by atoms with Crippen molar-refractivity contribution in [1.29, 1.82) is 0 Å². The molecule has 1 aromatic carbocycles. The lowest BCUT2D eigenvalue weighted by atomic mass is 10.1. The molecule has 0 aliphatic carbocycles. The summed E-state index contributed by atoms with van der Waals surface area (Å²) in [5.74, 6) is 2.00. The number of nitrogens with zero attached hydrogens (tertiary/aromatic N) is 6. The van der Waals surface area contributed by atoms with Crippen LogP contribution in [0.3, 0.4) is 0 Å². The fourth-order valence-electron chi connectivity index (χ4n) is 3.16. The smallest absolute Gasteiger partial charge is 0.387 e.